The summed E-state index contributed by atoms with van der Waals surface area (Å²) in [5.41, 5.74) is 9.42. The molecule has 1 fully saturated rings. The highest BCUT2D eigenvalue weighted by molar-refractivity contribution is 6.83. The first-order chi connectivity index (χ1) is 13.9. The molecule has 9 heteroatoms. The van der Waals surface area contributed by atoms with Gasteiger partial charge in [-0.05, 0) is 37.5 Å². The molecular weight excluding hydrogens is 423 g/mol. The zero-order chi connectivity index (χ0) is 22.3. The third kappa shape index (κ3) is 4.86. The van der Waals surface area contributed by atoms with Crippen LogP contribution in [0.3, 0.4) is 0 Å². The summed E-state index contributed by atoms with van der Waals surface area (Å²) < 4.78 is 14.8. The Morgan fingerprint density at radius 1 is 1.47 bits per heavy atom. The van der Waals surface area contributed by atoms with Crippen LogP contribution < -0.4 is 11.1 Å². The Labute approximate surface area is 181 Å². The van der Waals surface area contributed by atoms with Gasteiger partial charge in [-0.25, -0.2) is 4.39 Å². The van der Waals surface area contributed by atoms with Gasteiger partial charge in [-0.3, -0.25) is 9.48 Å². The summed E-state index contributed by atoms with van der Waals surface area (Å²) in [5, 5.41) is 18.0. The van der Waals surface area contributed by atoms with Gasteiger partial charge in [0.05, 0.1) is 10.7 Å². The molecule has 0 radical (unpaired) electrons. The zero-order valence-electron chi connectivity index (χ0n) is 17.5. The van der Waals surface area contributed by atoms with E-state index in [9.17, 15) is 14.3 Å². The van der Waals surface area contributed by atoms with Gasteiger partial charge < -0.3 is 16.2 Å². The number of amides is 1. The Bertz CT molecular complexity index is 1050. The van der Waals surface area contributed by atoms with E-state index in [2.05, 4.69) is 41.5 Å². The highest BCUT2D eigenvalue weighted by Crippen LogP contribution is 2.42. The van der Waals surface area contributed by atoms with Crippen molar-refractivity contribution in [2.24, 2.45) is 7.05 Å². The molecular formula is C21H26ClFN4O2Si. The number of nitrogen functional groups attached to an aromatic ring is 1. The second-order valence-corrected chi connectivity index (χ2v) is 14.0. The normalized spacial score (nSPS) is 21.2. The second-order valence-electron chi connectivity index (χ2n) is 8.82. The predicted octanol–water partition coefficient (Wildman–Crippen LogP) is 3.93. The largest absolute Gasteiger partial charge is 0.383 e. The minimum Gasteiger partial charge on any atom is -0.383 e. The van der Waals surface area contributed by atoms with Crippen molar-refractivity contribution >= 4 is 37.1 Å². The molecule has 1 saturated carbocycles. The lowest BCUT2D eigenvalue weighted by Gasteiger charge is -2.17. The van der Waals surface area contributed by atoms with Crippen LogP contribution in [-0.2, 0) is 7.05 Å². The summed E-state index contributed by atoms with van der Waals surface area (Å²) in [6, 6.07) is 3.94. The highest BCUT2D eigenvalue weighted by atomic mass is 35.5. The molecule has 0 spiro atoms. The second kappa shape index (κ2) is 8.06. The topological polar surface area (TPSA) is 93.2 Å². The number of hydrogen-bond donors (Lipinski definition) is 3. The maximum atomic E-state index is 13.4. The Morgan fingerprint density at radius 3 is 2.80 bits per heavy atom. The van der Waals surface area contributed by atoms with Crippen LogP contribution in [0.4, 0.5) is 15.9 Å². The third-order valence-electron chi connectivity index (χ3n) is 5.07. The van der Waals surface area contributed by atoms with E-state index in [1.807, 2.05) is 0 Å². The first-order valence-electron chi connectivity index (χ1n) is 9.74. The molecule has 160 valence electrons. The SMILES string of the molecule is Cn1nc(C2CCC(O)(C#C[Si](C)(C)C)C2)c(C(=O)Nc2ccc(F)c(Cl)c2)c1N. The first-order valence-corrected chi connectivity index (χ1v) is 13.6. The Balaban J connectivity index is 1.87. The molecule has 1 aromatic carbocycles. The third-order valence-corrected chi connectivity index (χ3v) is 6.24. The summed E-state index contributed by atoms with van der Waals surface area (Å²) in [6.07, 6.45) is 1.56. The molecule has 6 nitrogen and oxygen atoms in total. The van der Waals surface area contributed by atoms with Crippen LogP contribution in [0, 0.1) is 17.3 Å². The Hall–Kier alpha value is -2.34. The summed E-state index contributed by atoms with van der Waals surface area (Å²) >= 11 is 5.80. The number of nitrogens with one attached hydrogen (secondary N) is 1. The van der Waals surface area contributed by atoms with E-state index < -0.39 is 25.4 Å². The number of carbonyl (C=O) groups is 1. The van der Waals surface area contributed by atoms with Crippen LogP contribution in [-0.4, -0.2) is 34.5 Å². The van der Waals surface area contributed by atoms with E-state index in [-0.39, 0.29) is 22.3 Å². The fourth-order valence-corrected chi connectivity index (χ4v) is 4.31. The monoisotopic (exact) mass is 448 g/mol. The van der Waals surface area contributed by atoms with Crippen molar-refractivity contribution < 1.29 is 14.3 Å². The van der Waals surface area contributed by atoms with E-state index in [4.69, 9.17) is 17.3 Å². The van der Waals surface area contributed by atoms with E-state index in [0.717, 1.165) is 0 Å². The lowest BCUT2D eigenvalue weighted by atomic mass is 9.96. The number of aliphatic hydroxyl groups is 1. The van der Waals surface area contributed by atoms with E-state index in [1.165, 1.54) is 22.9 Å². The summed E-state index contributed by atoms with van der Waals surface area (Å²) in [4.78, 5) is 13.0. The smallest absolute Gasteiger partial charge is 0.261 e. The maximum Gasteiger partial charge on any atom is 0.261 e. The van der Waals surface area contributed by atoms with Crippen molar-refractivity contribution in [1.29, 1.82) is 0 Å². The van der Waals surface area contributed by atoms with Gasteiger partial charge in [0.15, 0.2) is 0 Å². The van der Waals surface area contributed by atoms with Gasteiger partial charge in [0.1, 0.15) is 30.9 Å². The molecule has 1 aliphatic carbocycles. The van der Waals surface area contributed by atoms with Gasteiger partial charge >= 0.3 is 0 Å². The summed E-state index contributed by atoms with van der Waals surface area (Å²) in [7, 11) is 0.0421. The molecule has 2 atom stereocenters. The minimum absolute atomic E-state index is 0.0889. The standard InChI is InChI=1S/C21H26ClFN4O2Si/c1-27-19(24)17(20(28)25-14-5-6-16(23)15(22)11-14)18(26-27)13-7-8-21(29,12-13)9-10-30(2,3)4/h5-6,11,13,29H,7-8,12,24H2,1-4H3,(H,25,28). The number of nitrogens with two attached hydrogens (primary N) is 1. The van der Waals surface area contributed by atoms with Gasteiger partial charge in [0.25, 0.3) is 5.91 Å². The van der Waals surface area contributed by atoms with E-state index >= 15 is 0 Å². The van der Waals surface area contributed by atoms with Crippen LogP contribution in [0.1, 0.15) is 41.2 Å². The number of hydrogen-bond acceptors (Lipinski definition) is 4. The van der Waals surface area contributed by atoms with Crippen LogP contribution in [0.15, 0.2) is 18.2 Å². The van der Waals surface area contributed by atoms with Crippen LogP contribution >= 0.6 is 11.6 Å². The Morgan fingerprint density at radius 2 is 2.17 bits per heavy atom. The molecule has 2 aromatic rings. The van der Waals surface area contributed by atoms with Gasteiger partial charge in [0.2, 0.25) is 0 Å². The number of anilines is 2. The van der Waals surface area contributed by atoms with Gasteiger partial charge in [0, 0.05) is 18.7 Å². The summed E-state index contributed by atoms with van der Waals surface area (Å²) in [6.45, 7) is 6.37. The molecule has 1 aliphatic rings. The molecule has 3 rings (SSSR count). The van der Waals surface area contributed by atoms with Crippen LogP contribution in [0.25, 0.3) is 0 Å². The summed E-state index contributed by atoms with van der Waals surface area (Å²) in [5.74, 6) is 2.12. The highest BCUT2D eigenvalue weighted by Gasteiger charge is 2.40. The number of benzene rings is 1. The molecule has 1 amide bonds. The predicted molar refractivity (Wildman–Crippen MR) is 120 cm³/mol. The van der Waals surface area contributed by atoms with Crippen molar-refractivity contribution in [3.63, 3.8) is 0 Å². The number of rotatable bonds is 3. The van der Waals surface area contributed by atoms with E-state index in [0.29, 0.717) is 30.6 Å². The number of halogens is 2. The minimum atomic E-state index is -1.62. The number of aryl methyl sites for hydroxylation is 1. The van der Waals surface area contributed by atoms with Gasteiger partial charge in [-0.15, -0.1) is 5.54 Å². The maximum absolute atomic E-state index is 13.4. The van der Waals surface area contributed by atoms with Crippen molar-refractivity contribution in [3.8, 4) is 11.5 Å². The van der Waals surface area contributed by atoms with Crippen molar-refractivity contribution in [2.45, 2.75) is 50.4 Å². The first kappa shape index (κ1) is 22.3. The molecule has 30 heavy (non-hydrogen) atoms. The molecule has 0 bridgehead atoms. The number of carbonyl (C=O) groups excluding carboxylic acids is 1. The lowest BCUT2D eigenvalue weighted by molar-refractivity contribution is 0.102. The van der Waals surface area contributed by atoms with Crippen LogP contribution in [0.2, 0.25) is 24.7 Å². The Kier molecular flexibility index (Phi) is 6.00. The zero-order valence-corrected chi connectivity index (χ0v) is 19.3. The molecule has 2 unspecified atom stereocenters. The molecule has 4 N–H and O–H groups in total. The van der Waals surface area contributed by atoms with Crippen molar-refractivity contribution in [1.82, 2.24) is 9.78 Å². The lowest BCUT2D eigenvalue weighted by Crippen LogP contribution is -2.25. The van der Waals surface area contributed by atoms with E-state index in [1.54, 1.807) is 7.05 Å². The van der Waals surface area contributed by atoms with Gasteiger partial charge in [-0.2, -0.15) is 5.10 Å². The molecule has 0 saturated heterocycles. The number of nitrogens with zero attached hydrogens (tertiary/aromatic N) is 2. The van der Waals surface area contributed by atoms with Crippen molar-refractivity contribution in [2.75, 3.05) is 11.1 Å². The fourth-order valence-electron chi connectivity index (χ4n) is 3.52. The van der Waals surface area contributed by atoms with Crippen LogP contribution in [0.5, 0.6) is 0 Å². The van der Waals surface area contributed by atoms with Gasteiger partial charge in [-0.1, -0.05) is 37.2 Å². The average molecular weight is 449 g/mol. The average Bonchev–Trinajstić information content (AvgIpc) is 3.17. The molecule has 0 aliphatic heterocycles. The fraction of sp³-hybridized carbons (Fsp3) is 0.429. The molecule has 1 heterocycles. The number of aromatic nitrogens is 2. The van der Waals surface area contributed by atoms with Crippen molar-refractivity contribution in [3.05, 3.63) is 40.3 Å². The molecule has 1 aromatic heterocycles. The quantitative estimate of drug-likeness (QED) is 0.490.